The van der Waals surface area contributed by atoms with Crippen molar-refractivity contribution in [3.8, 4) is 0 Å². The predicted octanol–water partition coefficient (Wildman–Crippen LogP) is 2.79. The van der Waals surface area contributed by atoms with Gasteiger partial charge in [-0.05, 0) is 30.7 Å². The maximum atomic E-state index is 12.0. The molecule has 1 aromatic carbocycles. The number of amides is 1. The van der Waals surface area contributed by atoms with E-state index in [9.17, 15) is 4.79 Å². The van der Waals surface area contributed by atoms with E-state index in [4.69, 9.17) is 4.42 Å². The van der Waals surface area contributed by atoms with E-state index in [1.54, 1.807) is 4.90 Å². The van der Waals surface area contributed by atoms with E-state index in [2.05, 4.69) is 11.4 Å². The highest BCUT2D eigenvalue weighted by atomic mass is 16.3. The number of nitrogens with zero attached hydrogens (tertiary/aromatic N) is 1. The van der Waals surface area contributed by atoms with Crippen LogP contribution in [0, 0.1) is 6.92 Å². The number of carbonyl (C=O) groups excluding carboxylic acids is 1. The van der Waals surface area contributed by atoms with Gasteiger partial charge in [0.15, 0.2) is 0 Å². The first-order valence-corrected chi connectivity index (χ1v) is 6.79. The molecule has 0 saturated carbocycles. The molecule has 2 heterocycles. The largest absolute Gasteiger partial charge is 0.465 e. The average molecular weight is 270 g/mol. The summed E-state index contributed by atoms with van der Waals surface area (Å²) in [6, 6.07) is 12.0. The van der Waals surface area contributed by atoms with Crippen LogP contribution in [0.4, 0.5) is 5.69 Å². The van der Waals surface area contributed by atoms with Gasteiger partial charge in [-0.3, -0.25) is 4.79 Å². The van der Waals surface area contributed by atoms with Gasteiger partial charge in [0, 0.05) is 25.2 Å². The van der Waals surface area contributed by atoms with Gasteiger partial charge < -0.3 is 14.6 Å². The summed E-state index contributed by atoms with van der Waals surface area (Å²) < 4.78 is 5.55. The topological polar surface area (TPSA) is 45.5 Å². The van der Waals surface area contributed by atoms with Gasteiger partial charge in [-0.25, -0.2) is 0 Å². The summed E-state index contributed by atoms with van der Waals surface area (Å²) in [6.07, 6.45) is 0.479. The van der Waals surface area contributed by atoms with Crippen LogP contribution in [0.25, 0.3) is 0 Å². The molecule has 104 valence electrons. The molecule has 0 saturated heterocycles. The molecule has 0 fully saturated rings. The minimum Gasteiger partial charge on any atom is -0.465 e. The lowest BCUT2D eigenvalue weighted by Crippen LogP contribution is -2.37. The van der Waals surface area contributed by atoms with Gasteiger partial charge in [0.2, 0.25) is 5.91 Å². The van der Waals surface area contributed by atoms with E-state index in [0.717, 1.165) is 22.8 Å². The molecule has 0 spiro atoms. The summed E-state index contributed by atoms with van der Waals surface area (Å²) >= 11 is 0. The van der Waals surface area contributed by atoms with Gasteiger partial charge in [0.25, 0.3) is 0 Å². The van der Waals surface area contributed by atoms with Crippen LogP contribution in [0.5, 0.6) is 0 Å². The Bertz CT molecular complexity index is 633. The summed E-state index contributed by atoms with van der Waals surface area (Å²) in [6.45, 7) is 2.56. The van der Waals surface area contributed by atoms with Gasteiger partial charge in [-0.1, -0.05) is 18.2 Å². The molecule has 0 aliphatic carbocycles. The second kappa shape index (κ2) is 5.13. The van der Waals surface area contributed by atoms with Crippen LogP contribution in [0.3, 0.4) is 0 Å². The van der Waals surface area contributed by atoms with Gasteiger partial charge in [-0.2, -0.15) is 0 Å². The van der Waals surface area contributed by atoms with Gasteiger partial charge in [-0.15, -0.1) is 0 Å². The lowest BCUT2D eigenvalue weighted by atomic mass is 9.96. The third-order valence-corrected chi connectivity index (χ3v) is 3.75. The zero-order valence-corrected chi connectivity index (χ0v) is 11.7. The molecule has 3 rings (SSSR count). The summed E-state index contributed by atoms with van der Waals surface area (Å²) in [5.74, 6) is 1.94. The lowest BCUT2D eigenvalue weighted by molar-refractivity contribution is -0.119. The van der Waals surface area contributed by atoms with E-state index >= 15 is 0 Å². The molecule has 2 aromatic rings. The Morgan fingerprint density at radius 3 is 2.85 bits per heavy atom. The Hall–Kier alpha value is -2.07. The summed E-state index contributed by atoms with van der Waals surface area (Å²) in [5, 5.41) is 3.42. The Kier molecular flexibility index (Phi) is 3.32. The number of furan rings is 1. The molecule has 4 nitrogen and oxygen atoms in total. The zero-order chi connectivity index (χ0) is 14.1. The van der Waals surface area contributed by atoms with Crippen molar-refractivity contribution in [3.63, 3.8) is 0 Å². The Morgan fingerprint density at radius 1 is 1.30 bits per heavy atom. The summed E-state index contributed by atoms with van der Waals surface area (Å²) in [7, 11) is 1.83. The Balaban J connectivity index is 1.80. The predicted molar refractivity (Wildman–Crippen MR) is 77.5 cm³/mol. The molecule has 20 heavy (non-hydrogen) atoms. The second-order valence-corrected chi connectivity index (χ2v) is 5.16. The van der Waals surface area contributed by atoms with E-state index in [-0.39, 0.29) is 11.9 Å². The van der Waals surface area contributed by atoms with Crippen LogP contribution < -0.4 is 10.2 Å². The van der Waals surface area contributed by atoms with Crippen LogP contribution >= 0.6 is 0 Å². The number of anilines is 1. The monoisotopic (exact) mass is 270 g/mol. The molecule has 1 atom stereocenters. The van der Waals surface area contributed by atoms with E-state index in [1.807, 2.05) is 44.3 Å². The molecule has 0 bridgehead atoms. The van der Waals surface area contributed by atoms with Crippen molar-refractivity contribution >= 4 is 11.6 Å². The fourth-order valence-corrected chi connectivity index (χ4v) is 2.63. The minimum atomic E-state index is 0.0420. The molecular formula is C16H18N2O2. The van der Waals surface area contributed by atoms with Crippen molar-refractivity contribution in [3.05, 3.63) is 53.5 Å². The minimum absolute atomic E-state index is 0.0420. The number of para-hydroxylation sites is 1. The van der Waals surface area contributed by atoms with E-state index in [1.165, 1.54) is 0 Å². The molecule has 0 radical (unpaired) electrons. The highest BCUT2D eigenvalue weighted by Crippen LogP contribution is 2.33. The van der Waals surface area contributed by atoms with Crippen LogP contribution in [0.15, 0.2) is 40.8 Å². The van der Waals surface area contributed by atoms with E-state index < -0.39 is 0 Å². The summed E-state index contributed by atoms with van der Waals surface area (Å²) in [5.41, 5.74) is 2.15. The smallest absolute Gasteiger partial charge is 0.228 e. The van der Waals surface area contributed by atoms with Crippen molar-refractivity contribution in [1.29, 1.82) is 0 Å². The number of hydrogen-bond donors (Lipinski definition) is 1. The van der Waals surface area contributed by atoms with Gasteiger partial charge in [0.1, 0.15) is 11.5 Å². The van der Waals surface area contributed by atoms with Gasteiger partial charge >= 0.3 is 0 Å². The molecule has 1 aliphatic heterocycles. The quantitative estimate of drug-likeness (QED) is 0.932. The van der Waals surface area contributed by atoms with Crippen LogP contribution in [-0.4, -0.2) is 13.0 Å². The SMILES string of the molecule is Cc1ccc(CNC2CC(=O)N(C)c3ccccc32)o1. The summed E-state index contributed by atoms with van der Waals surface area (Å²) in [4.78, 5) is 13.8. The lowest BCUT2D eigenvalue weighted by Gasteiger charge is -2.32. The number of aryl methyl sites for hydroxylation is 1. The van der Waals surface area contributed by atoms with Crippen LogP contribution in [0.2, 0.25) is 0 Å². The van der Waals surface area contributed by atoms with Crippen molar-refractivity contribution < 1.29 is 9.21 Å². The van der Waals surface area contributed by atoms with Gasteiger partial charge in [0.05, 0.1) is 6.54 Å². The van der Waals surface area contributed by atoms with Crippen molar-refractivity contribution in [2.24, 2.45) is 0 Å². The van der Waals surface area contributed by atoms with Crippen LogP contribution in [-0.2, 0) is 11.3 Å². The normalized spacial score (nSPS) is 18.2. The van der Waals surface area contributed by atoms with E-state index in [0.29, 0.717) is 13.0 Å². The molecule has 1 amide bonds. The highest BCUT2D eigenvalue weighted by molar-refractivity contribution is 5.96. The van der Waals surface area contributed by atoms with Crippen LogP contribution in [0.1, 0.15) is 29.5 Å². The first kappa shape index (κ1) is 12.9. The zero-order valence-electron chi connectivity index (χ0n) is 11.7. The first-order chi connectivity index (χ1) is 9.65. The number of benzene rings is 1. The number of hydrogen-bond acceptors (Lipinski definition) is 3. The maximum Gasteiger partial charge on any atom is 0.228 e. The third-order valence-electron chi connectivity index (χ3n) is 3.75. The maximum absolute atomic E-state index is 12.0. The fraction of sp³-hybridized carbons (Fsp3) is 0.312. The van der Waals surface area contributed by atoms with Crippen molar-refractivity contribution in [2.45, 2.75) is 25.9 Å². The molecule has 1 aromatic heterocycles. The third kappa shape index (κ3) is 2.34. The number of fused-ring (bicyclic) bond motifs is 1. The number of nitrogens with one attached hydrogen (secondary N) is 1. The Labute approximate surface area is 118 Å². The molecule has 1 unspecified atom stereocenters. The first-order valence-electron chi connectivity index (χ1n) is 6.79. The molecular weight excluding hydrogens is 252 g/mol. The standard InChI is InChI=1S/C16H18N2O2/c1-11-7-8-12(20-11)10-17-14-9-16(19)18(2)15-6-4-3-5-13(14)15/h3-8,14,17H,9-10H2,1-2H3. The number of carbonyl (C=O) groups is 1. The highest BCUT2D eigenvalue weighted by Gasteiger charge is 2.28. The van der Waals surface area contributed by atoms with Crippen molar-refractivity contribution in [2.75, 3.05) is 11.9 Å². The molecule has 4 heteroatoms. The molecule has 1 N–H and O–H groups in total. The second-order valence-electron chi connectivity index (χ2n) is 5.16. The number of rotatable bonds is 3. The average Bonchev–Trinajstić information content (AvgIpc) is 2.87. The Morgan fingerprint density at radius 2 is 2.10 bits per heavy atom. The molecule has 1 aliphatic rings. The fourth-order valence-electron chi connectivity index (χ4n) is 2.63. The van der Waals surface area contributed by atoms with Crippen molar-refractivity contribution in [1.82, 2.24) is 5.32 Å².